The van der Waals surface area contributed by atoms with Gasteiger partial charge in [0.2, 0.25) is 0 Å². The SMILES string of the molecule is CN=C(NCCCOCC1CCOCC1)NCC1CCN(Cc2cccs2)CC1.I. The first kappa shape index (κ1) is 25.8. The topological polar surface area (TPSA) is 58.1 Å². The fourth-order valence-corrected chi connectivity index (χ4v) is 4.72. The molecule has 3 heterocycles. The number of nitrogens with zero attached hydrogens (tertiary/aromatic N) is 2. The van der Waals surface area contributed by atoms with Crippen LogP contribution in [0.3, 0.4) is 0 Å². The smallest absolute Gasteiger partial charge is 0.190 e. The molecule has 172 valence electrons. The van der Waals surface area contributed by atoms with Crippen molar-refractivity contribution in [3.05, 3.63) is 22.4 Å². The maximum Gasteiger partial charge on any atom is 0.190 e. The number of guanidine groups is 1. The van der Waals surface area contributed by atoms with E-state index in [2.05, 4.69) is 38.0 Å². The number of rotatable bonds is 10. The number of hydrogen-bond donors (Lipinski definition) is 2. The molecule has 2 N–H and O–H groups in total. The molecule has 0 amide bonds. The van der Waals surface area contributed by atoms with Crippen LogP contribution in [0.5, 0.6) is 0 Å². The molecule has 30 heavy (non-hydrogen) atoms. The summed E-state index contributed by atoms with van der Waals surface area (Å²) in [4.78, 5) is 8.41. The Bertz CT molecular complexity index is 574. The van der Waals surface area contributed by atoms with Crippen molar-refractivity contribution < 1.29 is 9.47 Å². The zero-order valence-corrected chi connectivity index (χ0v) is 21.5. The second kappa shape index (κ2) is 15.4. The van der Waals surface area contributed by atoms with E-state index in [0.29, 0.717) is 5.92 Å². The van der Waals surface area contributed by atoms with Crippen LogP contribution in [-0.4, -0.2) is 70.5 Å². The van der Waals surface area contributed by atoms with Gasteiger partial charge in [-0.25, -0.2) is 0 Å². The van der Waals surface area contributed by atoms with Gasteiger partial charge in [0.1, 0.15) is 0 Å². The predicted molar refractivity (Wildman–Crippen MR) is 136 cm³/mol. The largest absolute Gasteiger partial charge is 0.381 e. The van der Waals surface area contributed by atoms with Gasteiger partial charge in [0.25, 0.3) is 0 Å². The first-order valence-corrected chi connectivity index (χ1v) is 12.1. The van der Waals surface area contributed by atoms with E-state index in [4.69, 9.17) is 9.47 Å². The lowest BCUT2D eigenvalue weighted by atomic mass is 9.97. The van der Waals surface area contributed by atoms with Crippen molar-refractivity contribution in [2.24, 2.45) is 16.8 Å². The van der Waals surface area contributed by atoms with Gasteiger partial charge in [-0.2, -0.15) is 0 Å². The summed E-state index contributed by atoms with van der Waals surface area (Å²) in [5.74, 6) is 2.33. The number of thiophene rings is 1. The molecule has 8 heteroatoms. The van der Waals surface area contributed by atoms with Crippen molar-refractivity contribution in [3.63, 3.8) is 0 Å². The zero-order valence-electron chi connectivity index (χ0n) is 18.3. The molecule has 2 aliphatic rings. The van der Waals surface area contributed by atoms with Crippen molar-refractivity contribution in [2.45, 2.75) is 38.6 Å². The third kappa shape index (κ3) is 9.80. The van der Waals surface area contributed by atoms with Crippen molar-refractivity contribution in [1.82, 2.24) is 15.5 Å². The molecule has 0 radical (unpaired) electrons. The number of aliphatic imine (C=N–C) groups is 1. The number of ether oxygens (including phenoxy) is 2. The van der Waals surface area contributed by atoms with Gasteiger partial charge in [-0.3, -0.25) is 9.89 Å². The van der Waals surface area contributed by atoms with Crippen molar-refractivity contribution in [3.8, 4) is 0 Å². The molecule has 2 fully saturated rings. The second-order valence-corrected chi connectivity index (χ2v) is 9.20. The van der Waals surface area contributed by atoms with Crippen LogP contribution < -0.4 is 10.6 Å². The van der Waals surface area contributed by atoms with E-state index in [9.17, 15) is 0 Å². The molecule has 0 spiro atoms. The van der Waals surface area contributed by atoms with Crippen LogP contribution in [-0.2, 0) is 16.0 Å². The molecule has 0 aliphatic carbocycles. The summed E-state index contributed by atoms with van der Waals surface area (Å²) < 4.78 is 11.2. The van der Waals surface area contributed by atoms with Crippen LogP contribution in [0.1, 0.15) is 37.0 Å². The molecule has 2 saturated heterocycles. The van der Waals surface area contributed by atoms with Gasteiger partial charge in [-0.15, -0.1) is 35.3 Å². The van der Waals surface area contributed by atoms with E-state index in [-0.39, 0.29) is 24.0 Å². The monoisotopic (exact) mass is 550 g/mol. The molecule has 1 aromatic heterocycles. The summed E-state index contributed by atoms with van der Waals surface area (Å²) in [6, 6.07) is 4.39. The zero-order chi connectivity index (χ0) is 20.2. The maximum atomic E-state index is 5.83. The number of halogens is 1. The van der Waals surface area contributed by atoms with E-state index in [1.807, 2.05) is 18.4 Å². The van der Waals surface area contributed by atoms with Crippen LogP contribution in [0.25, 0.3) is 0 Å². The quantitative estimate of drug-likeness (QED) is 0.202. The standard InChI is InChI=1S/C22H38N4O2S.HI/c1-23-22(24-9-3-12-28-18-20-7-13-27-14-8-20)25-16-19-5-10-26(11-6-19)17-21-4-2-15-29-21;/h2,4,15,19-20H,3,5-14,16-18H2,1H3,(H2,23,24,25);1H. The molecular weight excluding hydrogens is 511 g/mol. The van der Waals surface area contributed by atoms with Crippen LogP contribution in [0.15, 0.2) is 22.5 Å². The number of likely N-dealkylation sites (tertiary alicyclic amines) is 1. The van der Waals surface area contributed by atoms with E-state index < -0.39 is 0 Å². The van der Waals surface area contributed by atoms with E-state index in [1.165, 1.54) is 30.8 Å². The molecule has 2 aliphatic heterocycles. The van der Waals surface area contributed by atoms with Gasteiger partial charge in [-0.1, -0.05) is 6.07 Å². The summed E-state index contributed by atoms with van der Waals surface area (Å²) in [5, 5.41) is 9.10. The van der Waals surface area contributed by atoms with Crippen molar-refractivity contribution in [2.75, 3.05) is 59.7 Å². The molecule has 6 nitrogen and oxygen atoms in total. The molecule has 0 bridgehead atoms. The highest BCUT2D eigenvalue weighted by Gasteiger charge is 2.19. The first-order chi connectivity index (χ1) is 14.3. The highest BCUT2D eigenvalue weighted by molar-refractivity contribution is 14.0. The van der Waals surface area contributed by atoms with Crippen LogP contribution in [0.2, 0.25) is 0 Å². The summed E-state index contributed by atoms with van der Waals surface area (Å²) in [6.07, 6.45) is 5.80. The van der Waals surface area contributed by atoms with Gasteiger partial charge in [0, 0.05) is 58.0 Å². The van der Waals surface area contributed by atoms with Crippen LogP contribution >= 0.6 is 35.3 Å². The van der Waals surface area contributed by atoms with Gasteiger partial charge in [0.05, 0.1) is 0 Å². The lowest BCUT2D eigenvalue weighted by molar-refractivity contribution is 0.0203. The Kier molecular flexibility index (Phi) is 13.3. The molecule has 0 aromatic carbocycles. The third-order valence-electron chi connectivity index (χ3n) is 5.90. The number of hydrogen-bond acceptors (Lipinski definition) is 5. The summed E-state index contributed by atoms with van der Waals surface area (Å²) in [6.45, 7) is 8.88. The average Bonchev–Trinajstić information content (AvgIpc) is 3.27. The Morgan fingerprint density at radius 3 is 2.70 bits per heavy atom. The first-order valence-electron chi connectivity index (χ1n) is 11.2. The Morgan fingerprint density at radius 2 is 2.00 bits per heavy atom. The van der Waals surface area contributed by atoms with Gasteiger partial charge in [-0.05, 0) is 68.5 Å². The van der Waals surface area contributed by atoms with Crippen molar-refractivity contribution >= 4 is 41.3 Å². The molecule has 1 aromatic rings. The third-order valence-corrected chi connectivity index (χ3v) is 6.76. The Morgan fingerprint density at radius 1 is 1.20 bits per heavy atom. The maximum absolute atomic E-state index is 5.83. The second-order valence-electron chi connectivity index (χ2n) is 8.16. The molecule has 0 saturated carbocycles. The van der Waals surface area contributed by atoms with Crippen molar-refractivity contribution in [1.29, 1.82) is 0 Å². The van der Waals surface area contributed by atoms with Crippen LogP contribution in [0, 0.1) is 11.8 Å². The molecule has 0 atom stereocenters. The minimum Gasteiger partial charge on any atom is -0.381 e. The molecular formula is C22H39IN4O2S. The number of nitrogens with one attached hydrogen (secondary N) is 2. The molecule has 3 rings (SSSR count). The van der Waals surface area contributed by atoms with Crippen LogP contribution in [0.4, 0.5) is 0 Å². The van der Waals surface area contributed by atoms with Gasteiger partial charge in [0.15, 0.2) is 5.96 Å². The lowest BCUT2D eigenvalue weighted by Crippen LogP contribution is -2.43. The summed E-state index contributed by atoms with van der Waals surface area (Å²) >= 11 is 1.86. The van der Waals surface area contributed by atoms with E-state index in [0.717, 1.165) is 77.2 Å². The van der Waals surface area contributed by atoms with Gasteiger partial charge >= 0.3 is 0 Å². The fourth-order valence-electron chi connectivity index (χ4n) is 3.98. The highest BCUT2D eigenvalue weighted by Crippen LogP contribution is 2.20. The minimum absolute atomic E-state index is 0. The normalized spacial score (nSPS) is 19.4. The van der Waals surface area contributed by atoms with E-state index in [1.54, 1.807) is 0 Å². The van der Waals surface area contributed by atoms with Gasteiger partial charge < -0.3 is 20.1 Å². The Balaban J connectivity index is 0.00000320. The minimum atomic E-state index is 0. The Hall–Kier alpha value is -0.420. The summed E-state index contributed by atoms with van der Waals surface area (Å²) in [5.41, 5.74) is 0. The van der Waals surface area contributed by atoms with E-state index >= 15 is 0 Å². The number of piperidine rings is 1. The lowest BCUT2D eigenvalue weighted by Gasteiger charge is -2.32. The predicted octanol–water partition coefficient (Wildman–Crippen LogP) is 3.58. The summed E-state index contributed by atoms with van der Waals surface area (Å²) in [7, 11) is 1.85. The molecule has 0 unspecified atom stereocenters. The fraction of sp³-hybridized carbons (Fsp3) is 0.773. The highest BCUT2D eigenvalue weighted by atomic mass is 127. The Labute approximate surface area is 203 Å². The average molecular weight is 551 g/mol.